The normalized spacial score (nSPS) is 11.5. The maximum absolute atomic E-state index is 13.0. The minimum Gasteiger partial charge on any atom is -0.489 e. The molecule has 0 saturated heterocycles. The summed E-state index contributed by atoms with van der Waals surface area (Å²) in [5.74, 6) is -0.771. The number of nitrogens with one attached hydrogen (secondary N) is 1. The second-order valence-electron chi connectivity index (χ2n) is 8.28. The Labute approximate surface area is 208 Å². The Morgan fingerprint density at radius 1 is 0.944 bits per heavy atom. The van der Waals surface area contributed by atoms with Crippen LogP contribution in [0, 0.1) is 6.92 Å². The Hall–Kier alpha value is -4.59. The first-order valence-corrected chi connectivity index (χ1v) is 11.5. The van der Waals surface area contributed by atoms with Crippen LogP contribution in [0.5, 0.6) is 5.75 Å². The van der Waals surface area contributed by atoms with Crippen molar-refractivity contribution in [2.75, 3.05) is 5.32 Å². The van der Waals surface area contributed by atoms with Gasteiger partial charge in [-0.1, -0.05) is 54.6 Å². The molecule has 1 N–H and O–H groups in total. The van der Waals surface area contributed by atoms with E-state index in [1.165, 1.54) is 11.6 Å². The summed E-state index contributed by atoms with van der Waals surface area (Å²) < 4.78 is 14.3. The molecule has 3 aromatic carbocycles. The van der Waals surface area contributed by atoms with Gasteiger partial charge >= 0.3 is 5.97 Å². The highest BCUT2D eigenvalue weighted by Crippen LogP contribution is 2.18. The molecule has 0 bridgehead atoms. The van der Waals surface area contributed by atoms with Crippen molar-refractivity contribution in [2.45, 2.75) is 26.6 Å². The number of anilines is 1. The van der Waals surface area contributed by atoms with E-state index < -0.39 is 18.0 Å². The van der Waals surface area contributed by atoms with Crippen LogP contribution in [-0.2, 0) is 23.2 Å². The number of benzene rings is 3. The zero-order valence-corrected chi connectivity index (χ0v) is 20.3. The van der Waals surface area contributed by atoms with Crippen molar-refractivity contribution in [2.24, 2.45) is 7.05 Å². The summed E-state index contributed by atoms with van der Waals surface area (Å²) in [7, 11) is 1.73. The van der Waals surface area contributed by atoms with Gasteiger partial charge in [-0.25, -0.2) is 9.48 Å². The van der Waals surface area contributed by atoms with E-state index >= 15 is 0 Å². The lowest BCUT2D eigenvalue weighted by molar-refractivity contribution is -0.123. The summed E-state index contributed by atoms with van der Waals surface area (Å²) in [6, 6.07) is 25.3. The maximum Gasteiger partial charge on any atom is 0.339 e. The average molecular weight is 486 g/mol. The number of para-hydroxylation sites is 1. The minimum atomic E-state index is -1.13. The number of esters is 1. The molecule has 0 aliphatic rings. The van der Waals surface area contributed by atoms with Crippen molar-refractivity contribution in [1.82, 2.24) is 9.36 Å². The number of hydrogen-bond acceptors (Lipinski definition) is 5. The molecular formula is C28H27N3O5. The van der Waals surface area contributed by atoms with E-state index in [1.807, 2.05) is 48.5 Å². The molecular weight excluding hydrogens is 458 g/mol. The van der Waals surface area contributed by atoms with E-state index in [2.05, 4.69) is 5.32 Å². The van der Waals surface area contributed by atoms with E-state index in [-0.39, 0.29) is 16.8 Å². The molecule has 8 nitrogen and oxygen atoms in total. The Kier molecular flexibility index (Phi) is 7.34. The Bertz CT molecular complexity index is 1420. The third kappa shape index (κ3) is 5.38. The van der Waals surface area contributed by atoms with Crippen molar-refractivity contribution in [3.63, 3.8) is 0 Å². The zero-order valence-electron chi connectivity index (χ0n) is 20.3. The van der Waals surface area contributed by atoms with Gasteiger partial charge < -0.3 is 14.8 Å². The molecule has 0 saturated carbocycles. The molecule has 0 spiro atoms. The first-order chi connectivity index (χ1) is 17.3. The highest BCUT2D eigenvalue weighted by molar-refractivity contribution is 5.97. The Morgan fingerprint density at radius 3 is 2.31 bits per heavy atom. The molecule has 1 unspecified atom stereocenters. The zero-order chi connectivity index (χ0) is 25.7. The number of hydrogen-bond donors (Lipinski definition) is 1. The van der Waals surface area contributed by atoms with Crippen LogP contribution in [0.15, 0.2) is 89.7 Å². The van der Waals surface area contributed by atoms with Crippen molar-refractivity contribution >= 4 is 17.6 Å². The Balaban J connectivity index is 1.42. The number of ether oxygens (including phenoxy) is 2. The van der Waals surface area contributed by atoms with Crippen LogP contribution in [0.4, 0.5) is 5.69 Å². The van der Waals surface area contributed by atoms with Gasteiger partial charge in [0, 0.05) is 7.05 Å². The quantitative estimate of drug-likeness (QED) is 0.377. The van der Waals surface area contributed by atoms with Crippen LogP contribution in [0.1, 0.15) is 28.5 Å². The van der Waals surface area contributed by atoms with E-state index in [0.717, 1.165) is 5.56 Å². The van der Waals surface area contributed by atoms with Gasteiger partial charge in [-0.2, -0.15) is 0 Å². The molecule has 0 fully saturated rings. The molecule has 0 radical (unpaired) electrons. The molecule has 4 rings (SSSR count). The molecule has 0 aliphatic heterocycles. The van der Waals surface area contributed by atoms with Gasteiger partial charge in [-0.05, 0) is 49.7 Å². The first kappa shape index (κ1) is 24.5. The average Bonchev–Trinajstić information content (AvgIpc) is 3.11. The molecule has 184 valence electrons. The fourth-order valence-corrected chi connectivity index (χ4v) is 3.67. The van der Waals surface area contributed by atoms with Gasteiger partial charge in [-0.3, -0.25) is 14.3 Å². The minimum absolute atomic E-state index is 0.130. The second-order valence-corrected chi connectivity index (χ2v) is 8.28. The third-order valence-electron chi connectivity index (χ3n) is 5.77. The van der Waals surface area contributed by atoms with Gasteiger partial charge in [0.1, 0.15) is 18.0 Å². The number of amides is 1. The van der Waals surface area contributed by atoms with Gasteiger partial charge in [0.05, 0.1) is 16.9 Å². The number of carbonyl (C=O) groups is 2. The number of aromatic nitrogens is 2. The van der Waals surface area contributed by atoms with Gasteiger partial charge in [0.15, 0.2) is 6.10 Å². The summed E-state index contributed by atoms with van der Waals surface area (Å²) in [6.45, 7) is 3.54. The summed E-state index contributed by atoms with van der Waals surface area (Å²) in [6.07, 6.45) is -1.13. The van der Waals surface area contributed by atoms with Gasteiger partial charge in [-0.15, -0.1) is 0 Å². The largest absolute Gasteiger partial charge is 0.489 e. The van der Waals surface area contributed by atoms with Gasteiger partial charge in [0.2, 0.25) is 0 Å². The summed E-state index contributed by atoms with van der Waals surface area (Å²) in [5, 5.41) is 2.62. The van der Waals surface area contributed by atoms with Crippen LogP contribution in [0.3, 0.4) is 0 Å². The van der Waals surface area contributed by atoms with Crippen molar-refractivity contribution in [1.29, 1.82) is 0 Å². The third-order valence-corrected chi connectivity index (χ3v) is 5.77. The van der Waals surface area contributed by atoms with Crippen LogP contribution in [-0.4, -0.2) is 27.3 Å². The lowest BCUT2D eigenvalue weighted by Gasteiger charge is -2.13. The molecule has 36 heavy (non-hydrogen) atoms. The summed E-state index contributed by atoms with van der Waals surface area (Å²) >= 11 is 0. The predicted octanol–water partition coefficient (Wildman–Crippen LogP) is 4.25. The highest BCUT2D eigenvalue weighted by atomic mass is 16.5. The van der Waals surface area contributed by atoms with Gasteiger partial charge in [0.25, 0.3) is 11.5 Å². The lowest BCUT2D eigenvalue weighted by Crippen LogP contribution is -2.32. The number of nitrogens with zero attached hydrogens (tertiary/aromatic N) is 2. The SMILES string of the molecule is Cc1c(NC(=O)C(C)OC(=O)c2cccc(OCc3ccccc3)c2)c(=O)n(-c2ccccc2)n1C. The Morgan fingerprint density at radius 2 is 1.61 bits per heavy atom. The van der Waals surface area contributed by atoms with E-state index in [9.17, 15) is 14.4 Å². The van der Waals surface area contributed by atoms with Crippen LogP contribution >= 0.6 is 0 Å². The first-order valence-electron chi connectivity index (χ1n) is 11.5. The molecule has 1 aromatic heterocycles. The second kappa shape index (κ2) is 10.8. The fraction of sp³-hybridized carbons (Fsp3) is 0.179. The number of carbonyl (C=O) groups excluding carboxylic acids is 2. The van der Waals surface area contributed by atoms with Crippen molar-refractivity contribution < 1.29 is 19.1 Å². The van der Waals surface area contributed by atoms with Crippen LogP contribution in [0.2, 0.25) is 0 Å². The van der Waals surface area contributed by atoms with Crippen molar-refractivity contribution in [3.8, 4) is 11.4 Å². The molecule has 1 atom stereocenters. The lowest BCUT2D eigenvalue weighted by atomic mass is 10.2. The molecule has 4 aromatic rings. The predicted molar refractivity (Wildman–Crippen MR) is 136 cm³/mol. The monoisotopic (exact) mass is 485 g/mol. The maximum atomic E-state index is 13.0. The van der Waals surface area contributed by atoms with Crippen molar-refractivity contribution in [3.05, 3.63) is 112 Å². The summed E-state index contributed by atoms with van der Waals surface area (Å²) in [5.41, 5.74) is 2.24. The van der Waals surface area contributed by atoms with Crippen LogP contribution in [0.25, 0.3) is 5.69 Å². The van der Waals surface area contributed by atoms with E-state index in [4.69, 9.17) is 9.47 Å². The molecule has 1 amide bonds. The number of rotatable bonds is 8. The van der Waals surface area contributed by atoms with E-state index in [0.29, 0.717) is 23.7 Å². The van der Waals surface area contributed by atoms with Crippen LogP contribution < -0.4 is 15.6 Å². The summed E-state index contributed by atoms with van der Waals surface area (Å²) in [4.78, 5) is 38.5. The standard InChI is InChI=1S/C28H27N3O5/c1-19-25(27(33)31(30(19)3)23-14-8-5-9-15-23)29-26(32)20(2)36-28(34)22-13-10-16-24(17-22)35-18-21-11-6-4-7-12-21/h4-17,20H,18H2,1-3H3,(H,29,32). The topological polar surface area (TPSA) is 91.6 Å². The van der Waals surface area contributed by atoms with E-state index in [1.54, 1.807) is 55.1 Å². The smallest absolute Gasteiger partial charge is 0.339 e. The molecule has 1 heterocycles. The highest BCUT2D eigenvalue weighted by Gasteiger charge is 2.23. The molecule has 0 aliphatic carbocycles. The molecule has 8 heteroatoms. The fourth-order valence-electron chi connectivity index (χ4n) is 3.67.